The molecule has 1 aliphatic heterocycles. The average molecular weight is 321 g/mol. The lowest BCUT2D eigenvalue weighted by atomic mass is 10.1. The quantitative estimate of drug-likeness (QED) is 0.875. The van der Waals surface area contributed by atoms with Gasteiger partial charge in [0.15, 0.2) is 0 Å². The van der Waals surface area contributed by atoms with Gasteiger partial charge in [0, 0.05) is 32.1 Å². The van der Waals surface area contributed by atoms with Crippen LogP contribution in [0.15, 0.2) is 24.3 Å². The number of carbonyl (C=O) groups excluding carboxylic acids is 2. The Hall–Kier alpha value is -2.11. The SMILES string of the molecule is CCCN1CCC(NC(=O)NCc2cccc(F)c2)CCC1=O. The molecule has 0 bridgehead atoms. The van der Waals surface area contributed by atoms with Crippen molar-refractivity contribution >= 4 is 11.9 Å². The molecular formula is C17H24FN3O2. The van der Waals surface area contributed by atoms with Crippen molar-refractivity contribution in [2.75, 3.05) is 13.1 Å². The molecule has 0 aromatic heterocycles. The van der Waals surface area contributed by atoms with Crippen molar-refractivity contribution in [3.8, 4) is 0 Å². The molecule has 1 aromatic carbocycles. The monoisotopic (exact) mass is 321 g/mol. The highest BCUT2D eigenvalue weighted by Crippen LogP contribution is 2.12. The number of carbonyl (C=O) groups is 2. The number of amides is 3. The van der Waals surface area contributed by atoms with E-state index in [9.17, 15) is 14.0 Å². The van der Waals surface area contributed by atoms with Crippen LogP contribution in [0.2, 0.25) is 0 Å². The molecule has 2 rings (SSSR count). The van der Waals surface area contributed by atoms with Crippen LogP contribution in [0.5, 0.6) is 0 Å². The fourth-order valence-electron chi connectivity index (χ4n) is 2.75. The van der Waals surface area contributed by atoms with Crippen molar-refractivity contribution in [3.63, 3.8) is 0 Å². The first kappa shape index (κ1) is 17.2. The van der Waals surface area contributed by atoms with Crippen molar-refractivity contribution in [1.82, 2.24) is 15.5 Å². The third-order valence-corrected chi connectivity index (χ3v) is 3.98. The number of likely N-dealkylation sites (tertiary alicyclic amines) is 1. The zero-order valence-electron chi connectivity index (χ0n) is 13.5. The number of hydrogen-bond donors (Lipinski definition) is 2. The van der Waals surface area contributed by atoms with E-state index in [2.05, 4.69) is 10.6 Å². The van der Waals surface area contributed by atoms with E-state index >= 15 is 0 Å². The number of nitrogens with zero attached hydrogens (tertiary/aromatic N) is 1. The van der Waals surface area contributed by atoms with Gasteiger partial charge in [0.05, 0.1) is 0 Å². The van der Waals surface area contributed by atoms with Crippen molar-refractivity contribution in [3.05, 3.63) is 35.6 Å². The predicted molar refractivity (Wildman–Crippen MR) is 86.3 cm³/mol. The fraction of sp³-hybridized carbons (Fsp3) is 0.529. The second kappa shape index (κ2) is 8.50. The lowest BCUT2D eigenvalue weighted by Gasteiger charge is -2.20. The zero-order chi connectivity index (χ0) is 16.7. The number of rotatable bonds is 5. The first-order valence-corrected chi connectivity index (χ1v) is 8.15. The summed E-state index contributed by atoms with van der Waals surface area (Å²) in [6, 6.07) is 5.85. The molecule has 6 heteroatoms. The van der Waals surface area contributed by atoms with Crippen LogP contribution in [-0.4, -0.2) is 36.0 Å². The van der Waals surface area contributed by atoms with E-state index in [0.717, 1.165) is 19.4 Å². The van der Waals surface area contributed by atoms with Crippen molar-refractivity contribution in [1.29, 1.82) is 0 Å². The van der Waals surface area contributed by atoms with Gasteiger partial charge < -0.3 is 15.5 Å². The summed E-state index contributed by atoms with van der Waals surface area (Å²) in [5.74, 6) is -0.153. The van der Waals surface area contributed by atoms with Gasteiger partial charge in [0.1, 0.15) is 5.82 Å². The van der Waals surface area contributed by atoms with Crippen LogP contribution >= 0.6 is 0 Å². The third kappa shape index (κ3) is 5.54. The van der Waals surface area contributed by atoms with Crippen molar-refractivity contribution in [2.45, 2.75) is 45.2 Å². The van der Waals surface area contributed by atoms with Gasteiger partial charge in [-0.15, -0.1) is 0 Å². The summed E-state index contributed by atoms with van der Waals surface area (Å²) >= 11 is 0. The van der Waals surface area contributed by atoms with E-state index in [4.69, 9.17) is 0 Å². The smallest absolute Gasteiger partial charge is 0.315 e. The number of urea groups is 1. The molecule has 0 spiro atoms. The number of nitrogens with one attached hydrogen (secondary N) is 2. The Balaban J connectivity index is 1.77. The van der Waals surface area contributed by atoms with Gasteiger partial charge >= 0.3 is 6.03 Å². The minimum absolute atomic E-state index is 0.00619. The predicted octanol–water partition coefficient (Wildman–Crippen LogP) is 2.42. The molecule has 0 radical (unpaired) electrons. The Labute approximate surface area is 136 Å². The van der Waals surface area contributed by atoms with Gasteiger partial charge in [0.25, 0.3) is 0 Å². The first-order chi connectivity index (χ1) is 11.1. The Kier molecular flexibility index (Phi) is 6.38. The molecule has 126 valence electrons. The second-order valence-electron chi connectivity index (χ2n) is 5.86. The molecule has 1 atom stereocenters. The van der Waals surface area contributed by atoms with E-state index in [-0.39, 0.29) is 30.3 Å². The molecular weight excluding hydrogens is 297 g/mol. The maximum absolute atomic E-state index is 13.1. The molecule has 0 aliphatic carbocycles. The highest BCUT2D eigenvalue weighted by molar-refractivity contribution is 5.77. The molecule has 5 nitrogen and oxygen atoms in total. The molecule has 1 fully saturated rings. The molecule has 1 saturated heterocycles. The molecule has 3 amide bonds. The Morgan fingerprint density at radius 1 is 1.39 bits per heavy atom. The Morgan fingerprint density at radius 3 is 2.96 bits per heavy atom. The van der Waals surface area contributed by atoms with Crippen LogP contribution in [0.25, 0.3) is 0 Å². The molecule has 1 heterocycles. The average Bonchev–Trinajstić information content (AvgIpc) is 2.69. The summed E-state index contributed by atoms with van der Waals surface area (Å²) in [4.78, 5) is 25.8. The topological polar surface area (TPSA) is 61.4 Å². The third-order valence-electron chi connectivity index (χ3n) is 3.98. The highest BCUT2D eigenvalue weighted by atomic mass is 19.1. The van der Waals surface area contributed by atoms with Crippen LogP contribution in [0.1, 0.15) is 38.2 Å². The maximum atomic E-state index is 13.1. The largest absolute Gasteiger partial charge is 0.343 e. The van der Waals surface area contributed by atoms with Crippen LogP contribution < -0.4 is 10.6 Å². The van der Waals surface area contributed by atoms with Gasteiger partial charge in [0.2, 0.25) is 5.91 Å². The van der Waals surface area contributed by atoms with Crippen LogP contribution in [-0.2, 0) is 11.3 Å². The lowest BCUT2D eigenvalue weighted by Crippen LogP contribution is -2.42. The van der Waals surface area contributed by atoms with Gasteiger partial charge in [-0.1, -0.05) is 19.1 Å². The van der Waals surface area contributed by atoms with Gasteiger partial charge in [-0.25, -0.2) is 9.18 Å². The second-order valence-corrected chi connectivity index (χ2v) is 5.86. The molecule has 0 saturated carbocycles. The van der Waals surface area contributed by atoms with E-state index in [1.165, 1.54) is 12.1 Å². The summed E-state index contributed by atoms with van der Waals surface area (Å²) in [6.07, 6.45) is 2.83. The lowest BCUT2D eigenvalue weighted by molar-refractivity contribution is -0.130. The van der Waals surface area contributed by atoms with Gasteiger partial charge in [-0.3, -0.25) is 4.79 Å². The zero-order valence-corrected chi connectivity index (χ0v) is 13.5. The van der Waals surface area contributed by atoms with Crippen molar-refractivity contribution in [2.24, 2.45) is 0 Å². The fourth-order valence-corrected chi connectivity index (χ4v) is 2.75. The number of hydrogen-bond acceptors (Lipinski definition) is 2. The van der Waals surface area contributed by atoms with Crippen molar-refractivity contribution < 1.29 is 14.0 Å². The maximum Gasteiger partial charge on any atom is 0.315 e. The summed E-state index contributed by atoms with van der Waals surface area (Å²) in [5, 5.41) is 5.63. The van der Waals surface area contributed by atoms with E-state index in [1.54, 1.807) is 12.1 Å². The summed E-state index contributed by atoms with van der Waals surface area (Å²) in [7, 11) is 0. The minimum atomic E-state index is -0.317. The van der Waals surface area contributed by atoms with Crippen LogP contribution in [0, 0.1) is 5.82 Å². The first-order valence-electron chi connectivity index (χ1n) is 8.15. The van der Waals surface area contributed by atoms with E-state index in [0.29, 0.717) is 24.9 Å². The number of benzene rings is 1. The standard InChI is InChI=1S/C17H24FN3O2/c1-2-9-21-10-8-15(6-7-16(21)22)20-17(23)19-12-13-4-3-5-14(18)11-13/h3-5,11,15H,2,6-10,12H2,1H3,(H2,19,20,23). The molecule has 1 aromatic rings. The summed E-state index contributed by atoms with van der Waals surface area (Å²) in [5.41, 5.74) is 0.713. The molecule has 2 N–H and O–H groups in total. The Morgan fingerprint density at radius 2 is 2.22 bits per heavy atom. The van der Waals surface area contributed by atoms with Gasteiger partial charge in [-0.05, 0) is 37.0 Å². The van der Waals surface area contributed by atoms with Crippen LogP contribution in [0.3, 0.4) is 0 Å². The molecule has 1 aliphatic rings. The normalized spacial score (nSPS) is 18.4. The number of halogens is 1. The van der Waals surface area contributed by atoms with E-state index in [1.807, 2.05) is 11.8 Å². The van der Waals surface area contributed by atoms with Crippen LogP contribution in [0.4, 0.5) is 9.18 Å². The van der Waals surface area contributed by atoms with E-state index < -0.39 is 0 Å². The summed E-state index contributed by atoms with van der Waals surface area (Å²) in [6.45, 7) is 3.78. The Bertz CT molecular complexity index is 550. The highest BCUT2D eigenvalue weighted by Gasteiger charge is 2.22. The molecule has 1 unspecified atom stereocenters. The summed E-state index contributed by atoms with van der Waals surface area (Å²) < 4.78 is 13.1. The minimum Gasteiger partial charge on any atom is -0.343 e. The molecule has 23 heavy (non-hydrogen) atoms. The van der Waals surface area contributed by atoms with Gasteiger partial charge in [-0.2, -0.15) is 0 Å².